The van der Waals surface area contributed by atoms with Crippen molar-refractivity contribution in [1.82, 2.24) is 14.9 Å². The SMILES string of the molecule is Cc1ccc(CN2CC[C@]3(CCCN(c4ncccn4)C3)C2)s1. The molecule has 2 aliphatic rings. The molecule has 122 valence electrons. The molecule has 2 aromatic heterocycles. The van der Waals surface area contributed by atoms with Gasteiger partial charge in [0.2, 0.25) is 5.95 Å². The summed E-state index contributed by atoms with van der Waals surface area (Å²) in [6.45, 7) is 7.95. The normalized spacial score (nSPS) is 25.3. The fourth-order valence-electron chi connectivity index (χ4n) is 4.12. The number of anilines is 1. The van der Waals surface area contributed by atoms with E-state index in [0.29, 0.717) is 5.41 Å². The third kappa shape index (κ3) is 3.26. The first-order valence-corrected chi connectivity index (χ1v) is 9.34. The van der Waals surface area contributed by atoms with Gasteiger partial charge in [0, 0.05) is 53.7 Å². The summed E-state index contributed by atoms with van der Waals surface area (Å²) in [5.74, 6) is 0.902. The molecule has 4 rings (SSSR count). The number of hydrogen-bond donors (Lipinski definition) is 0. The largest absolute Gasteiger partial charge is 0.340 e. The summed E-state index contributed by atoms with van der Waals surface area (Å²) < 4.78 is 0. The zero-order valence-electron chi connectivity index (χ0n) is 13.7. The second-order valence-electron chi connectivity index (χ2n) is 7.05. The summed E-state index contributed by atoms with van der Waals surface area (Å²) >= 11 is 1.93. The summed E-state index contributed by atoms with van der Waals surface area (Å²) in [5.41, 5.74) is 0.434. The minimum atomic E-state index is 0.434. The van der Waals surface area contributed by atoms with Crippen LogP contribution in [-0.4, -0.2) is 41.0 Å². The molecule has 23 heavy (non-hydrogen) atoms. The summed E-state index contributed by atoms with van der Waals surface area (Å²) in [6, 6.07) is 6.42. The molecule has 0 unspecified atom stereocenters. The van der Waals surface area contributed by atoms with Crippen molar-refractivity contribution in [1.29, 1.82) is 0 Å². The van der Waals surface area contributed by atoms with Gasteiger partial charge >= 0.3 is 0 Å². The first-order valence-electron chi connectivity index (χ1n) is 8.52. The van der Waals surface area contributed by atoms with Crippen LogP contribution in [0.3, 0.4) is 0 Å². The molecule has 0 saturated carbocycles. The van der Waals surface area contributed by atoms with E-state index in [9.17, 15) is 0 Å². The van der Waals surface area contributed by atoms with Crippen molar-refractivity contribution in [3.63, 3.8) is 0 Å². The average molecular weight is 328 g/mol. The topological polar surface area (TPSA) is 32.3 Å². The van der Waals surface area contributed by atoms with E-state index in [-0.39, 0.29) is 0 Å². The maximum Gasteiger partial charge on any atom is 0.225 e. The lowest BCUT2D eigenvalue weighted by molar-refractivity contribution is 0.216. The van der Waals surface area contributed by atoms with Crippen molar-refractivity contribution in [2.45, 2.75) is 32.7 Å². The Bertz CT molecular complexity index is 656. The number of likely N-dealkylation sites (tertiary alicyclic amines) is 1. The van der Waals surface area contributed by atoms with Crippen LogP contribution in [0.15, 0.2) is 30.6 Å². The monoisotopic (exact) mass is 328 g/mol. The Morgan fingerprint density at radius 3 is 2.78 bits per heavy atom. The van der Waals surface area contributed by atoms with Crippen molar-refractivity contribution >= 4 is 17.3 Å². The van der Waals surface area contributed by atoms with Crippen molar-refractivity contribution in [2.75, 3.05) is 31.1 Å². The fraction of sp³-hybridized carbons (Fsp3) is 0.556. The van der Waals surface area contributed by atoms with E-state index in [2.05, 4.69) is 38.8 Å². The van der Waals surface area contributed by atoms with E-state index < -0.39 is 0 Å². The summed E-state index contributed by atoms with van der Waals surface area (Å²) in [7, 11) is 0. The highest BCUT2D eigenvalue weighted by Gasteiger charge is 2.41. The van der Waals surface area contributed by atoms with E-state index in [1.165, 1.54) is 42.1 Å². The molecule has 4 heterocycles. The van der Waals surface area contributed by atoms with Crippen LogP contribution < -0.4 is 4.90 Å². The molecule has 2 fully saturated rings. The molecule has 0 bridgehead atoms. The van der Waals surface area contributed by atoms with Crippen LogP contribution in [0.25, 0.3) is 0 Å². The van der Waals surface area contributed by atoms with Crippen LogP contribution in [0.2, 0.25) is 0 Å². The highest BCUT2D eigenvalue weighted by atomic mass is 32.1. The molecule has 0 amide bonds. The van der Waals surface area contributed by atoms with Gasteiger partial charge in [-0.15, -0.1) is 11.3 Å². The summed E-state index contributed by atoms with van der Waals surface area (Å²) in [4.78, 5) is 16.8. The molecule has 0 aliphatic carbocycles. The first kappa shape index (κ1) is 15.1. The maximum atomic E-state index is 4.45. The predicted molar refractivity (Wildman–Crippen MR) is 94.9 cm³/mol. The first-order chi connectivity index (χ1) is 11.2. The quantitative estimate of drug-likeness (QED) is 0.865. The Labute approximate surface area is 142 Å². The summed E-state index contributed by atoms with van der Waals surface area (Å²) in [6.07, 6.45) is 7.61. The Balaban J connectivity index is 1.42. The van der Waals surface area contributed by atoms with E-state index in [1.807, 2.05) is 29.8 Å². The van der Waals surface area contributed by atoms with Crippen LogP contribution in [-0.2, 0) is 6.54 Å². The Kier molecular flexibility index (Phi) is 4.07. The molecule has 1 atom stereocenters. The number of rotatable bonds is 3. The number of nitrogens with zero attached hydrogens (tertiary/aromatic N) is 4. The minimum absolute atomic E-state index is 0.434. The van der Waals surface area contributed by atoms with Gasteiger partial charge in [-0.1, -0.05) is 0 Å². The van der Waals surface area contributed by atoms with Gasteiger partial charge in [-0.05, 0) is 50.9 Å². The zero-order chi connectivity index (χ0) is 15.7. The van der Waals surface area contributed by atoms with Gasteiger partial charge in [-0.3, -0.25) is 4.90 Å². The van der Waals surface area contributed by atoms with Gasteiger partial charge in [0.1, 0.15) is 0 Å². The molecule has 2 aliphatic heterocycles. The van der Waals surface area contributed by atoms with Gasteiger partial charge < -0.3 is 4.90 Å². The number of hydrogen-bond acceptors (Lipinski definition) is 5. The average Bonchev–Trinajstić information content (AvgIpc) is 3.15. The smallest absolute Gasteiger partial charge is 0.225 e. The number of aromatic nitrogens is 2. The van der Waals surface area contributed by atoms with Crippen LogP contribution in [0.5, 0.6) is 0 Å². The maximum absolute atomic E-state index is 4.45. The van der Waals surface area contributed by atoms with Crippen molar-refractivity contribution in [3.05, 3.63) is 40.3 Å². The van der Waals surface area contributed by atoms with E-state index in [0.717, 1.165) is 25.6 Å². The molecule has 0 aromatic carbocycles. The standard InChI is InChI=1S/C18H24N4S/c1-15-4-5-16(23-15)12-21-11-7-18(13-21)6-2-10-22(14-18)17-19-8-3-9-20-17/h3-5,8-9H,2,6-7,10-14H2,1H3/t18-/m1/s1. The molecule has 5 heteroatoms. The molecule has 4 nitrogen and oxygen atoms in total. The molecule has 1 spiro atoms. The van der Waals surface area contributed by atoms with Gasteiger partial charge in [0.15, 0.2) is 0 Å². The zero-order valence-corrected chi connectivity index (χ0v) is 14.6. The second kappa shape index (κ2) is 6.21. The minimum Gasteiger partial charge on any atom is -0.340 e. The Morgan fingerprint density at radius 1 is 1.13 bits per heavy atom. The van der Waals surface area contributed by atoms with Crippen LogP contribution in [0.4, 0.5) is 5.95 Å². The molecule has 0 N–H and O–H groups in total. The van der Waals surface area contributed by atoms with Gasteiger partial charge in [-0.2, -0.15) is 0 Å². The van der Waals surface area contributed by atoms with Crippen molar-refractivity contribution < 1.29 is 0 Å². The Morgan fingerprint density at radius 2 is 2.00 bits per heavy atom. The molecule has 2 saturated heterocycles. The molecule has 0 radical (unpaired) electrons. The van der Waals surface area contributed by atoms with E-state index in [4.69, 9.17) is 0 Å². The van der Waals surface area contributed by atoms with E-state index in [1.54, 1.807) is 0 Å². The van der Waals surface area contributed by atoms with Crippen LogP contribution >= 0.6 is 11.3 Å². The number of aryl methyl sites for hydroxylation is 1. The predicted octanol–water partition coefficient (Wildman–Crippen LogP) is 3.34. The van der Waals surface area contributed by atoms with Crippen LogP contribution in [0, 0.1) is 12.3 Å². The van der Waals surface area contributed by atoms with Gasteiger partial charge in [0.25, 0.3) is 0 Å². The Hall–Kier alpha value is -1.46. The lowest BCUT2D eigenvalue weighted by atomic mass is 9.79. The third-order valence-corrected chi connectivity index (χ3v) is 6.17. The van der Waals surface area contributed by atoms with Gasteiger partial charge in [0.05, 0.1) is 0 Å². The van der Waals surface area contributed by atoms with Crippen molar-refractivity contribution in [2.24, 2.45) is 5.41 Å². The van der Waals surface area contributed by atoms with E-state index >= 15 is 0 Å². The molecular formula is C18H24N4S. The van der Waals surface area contributed by atoms with Gasteiger partial charge in [-0.25, -0.2) is 9.97 Å². The number of thiophene rings is 1. The highest BCUT2D eigenvalue weighted by Crippen LogP contribution is 2.40. The number of piperidine rings is 1. The van der Waals surface area contributed by atoms with Crippen molar-refractivity contribution in [3.8, 4) is 0 Å². The molecular weight excluding hydrogens is 304 g/mol. The van der Waals surface area contributed by atoms with Crippen LogP contribution in [0.1, 0.15) is 29.0 Å². The lowest BCUT2D eigenvalue weighted by Gasteiger charge is -2.40. The second-order valence-corrected chi connectivity index (χ2v) is 8.42. The molecule has 2 aromatic rings. The third-order valence-electron chi connectivity index (χ3n) is 5.19. The summed E-state index contributed by atoms with van der Waals surface area (Å²) in [5, 5.41) is 0. The highest BCUT2D eigenvalue weighted by molar-refractivity contribution is 7.11. The lowest BCUT2D eigenvalue weighted by Crippen LogP contribution is -2.45. The fourth-order valence-corrected chi connectivity index (χ4v) is 5.05.